The van der Waals surface area contributed by atoms with E-state index in [0.29, 0.717) is 0 Å². The van der Waals surface area contributed by atoms with E-state index in [1.54, 1.807) is 0 Å². The smallest absolute Gasteiger partial charge is 0.0485 e. The lowest BCUT2D eigenvalue weighted by Gasteiger charge is -2.35. The van der Waals surface area contributed by atoms with E-state index in [9.17, 15) is 0 Å². The first kappa shape index (κ1) is 13.9. The van der Waals surface area contributed by atoms with Gasteiger partial charge in [0.1, 0.15) is 0 Å². The van der Waals surface area contributed by atoms with Crippen LogP contribution in [0.2, 0.25) is 0 Å². The van der Waals surface area contributed by atoms with E-state index < -0.39 is 0 Å². The number of H-pyrrole nitrogens is 1. The van der Waals surface area contributed by atoms with Gasteiger partial charge in [0, 0.05) is 39.0 Å². The van der Waals surface area contributed by atoms with Gasteiger partial charge in [-0.05, 0) is 35.4 Å². The number of hydrogen-bond acceptors (Lipinski definition) is 1. The van der Waals surface area contributed by atoms with Crippen LogP contribution in [-0.4, -0.2) is 4.98 Å². The lowest BCUT2D eigenvalue weighted by Crippen LogP contribution is -2.25. The van der Waals surface area contributed by atoms with Crippen molar-refractivity contribution in [2.75, 3.05) is 5.32 Å². The topological polar surface area (TPSA) is 27.8 Å². The quantitative estimate of drug-likeness (QED) is 0.611. The van der Waals surface area contributed by atoms with Gasteiger partial charge >= 0.3 is 0 Å². The van der Waals surface area contributed by atoms with Crippen molar-refractivity contribution in [3.8, 4) is 0 Å². The standard InChI is InChI=1S/C21H20N2/c1-5-13-14-11-16-20(12-19(14)22-17(13)6-2)23-18-10-8-7-9-15(18)21(16,3)4/h5-12,22-23H,1-2H2,3-4H3. The summed E-state index contributed by atoms with van der Waals surface area (Å²) in [4.78, 5) is 3.44. The van der Waals surface area contributed by atoms with Crippen LogP contribution >= 0.6 is 0 Å². The third-order valence-corrected chi connectivity index (χ3v) is 4.96. The Kier molecular flexibility index (Phi) is 2.79. The normalized spacial score (nSPS) is 14.7. The molecule has 1 aliphatic rings. The molecule has 0 fully saturated rings. The van der Waals surface area contributed by atoms with Crippen LogP contribution < -0.4 is 5.32 Å². The van der Waals surface area contributed by atoms with Gasteiger partial charge in [0.15, 0.2) is 0 Å². The molecule has 0 saturated carbocycles. The zero-order chi connectivity index (χ0) is 16.2. The van der Waals surface area contributed by atoms with Crippen LogP contribution in [0.5, 0.6) is 0 Å². The van der Waals surface area contributed by atoms with E-state index in [2.05, 4.69) is 73.7 Å². The minimum absolute atomic E-state index is 0.0462. The fourth-order valence-corrected chi connectivity index (χ4v) is 3.71. The first-order chi connectivity index (χ1) is 11.1. The van der Waals surface area contributed by atoms with Crippen molar-refractivity contribution in [3.05, 3.63) is 71.9 Å². The highest BCUT2D eigenvalue weighted by Gasteiger charge is 2.32. The van der Waals surface area contributed by atoms with Crippen LogP contribution in [0.25, 0.3) is 23.1 Å². The second kappa shape index (κ2) is 4.63. The van der Waals surface area contributed by atoms with Crippen molar-refractivity contribution >= 4 is 34.4 Å². The number of rotatable bonds is 2. The Morgan fingerprint density at radius 3 is 2.48 bits per heavy atom. The molecule has 0 amide bonds. The number of para-hydroxylation sites is 1. The molecule has 0 saturated heterocycles. The van der Waals surface area contributed by atoms with Gasteiger partial charge in [0.2, 0.25) is 0 Å². The lowest BCUT2D eigenvalue weighted by molar-refractivity contribution is 0.639. The summed E-state index contributed by atoms with van der Waals surface area (Å²) >= 11 is 0. The molecule has 0 radical (unpaired) electrons. The third-order valence-electron chi connectivity index (χ3n) is 4.96. The van der Waals surface area contributed by atoms with Crippen molar-refractivity contribution in [2.24, 2.45) is 0 Å². The van der Waals surface area contributed by atoms with Crippen molar-refractivity contribution in [2.45, 2.75) is 19.3 Å². The summed E-state index contributed by atoms with van der Waals surface area (Å²) < 4.78 is 0. The highest BCUT2D eigenvalue weighted by Crippen LogP contribution is 2.46. The second-order valence-corrected chi connectivity index (χ2v) is 6.60. The van der Waals surface area contributed by atoms with E-state index >= 15 is 0 Å². The van der Waals surface area contributed by atoms with Crippen LogP contribution in [0.15, 0.2) is 49.6 Å². The molecule has 2 heterocycles. The SMILES string of the molecule is C=Cc1[nH]c2cc3c(cc2c1C=C)C(C)(C)c1ccccc1N3. The van der Waals surface area contributed by atoms with Gasteiger partial charge in [-0.15, -0.1) is 0 Å². The first-order valence-corrected chi connectivity index (χ1v) is 7.88. The van der Waals surface area contributed by atoms with E-state index in [1.807, 2.05) is 12.2 Å². The molecule has 2 aromatic carbocycles. The maximum absolute atomic E-state index is 3.96. The highest BCUT2D eigenvalue weighted by molar-refractivity contribution is 5.97. The summed E-state index contributed by atoms with van der Waals surface area (Å²) in [7, 11) is 0. The number of anilines is 2. The molecule has 4 rings (SSSR count). The predicted octanol–water partition coefficient (Wildman–Crippen LogP) is 5.84. The Bertz CT molecular complexity index is 957. The summed E-state index contributed by atoms with van der Waals surface area (Å²) in [5.41, 5.74) is 8.18. The Hall–Kier alpha value is -2.74. The lowest BCUT2D eigenvalue weighted by atomic mass is 9.74. The second-order valence-electron chi connectivity index (χ2n) is 6.60. The maximum Gasteiger partial charge on any atom is 0.0485 e. The molecular weight excluding hydrogens is 280 g/mol. The molecule has 23 heavy (non-hydrogen) atoms. The Balaban J connectivity index is 2.04. The van der Waals surface area contributed by atoms with E-state index in [-0.39, 0.29) is 5.41 Å². The Labute approximate surface area is 136 Å². The summed E-state index contributed by atoms with van der Waals surface area (Å²) in [5, 5.41) is 4.78. The number of benzene rings is 2. The Morgan fingerprint density at radius 2 is 1.74 bits per heavy atom. The van der Waals surface area contributed by atoms with Crippen LogP contribution in [0.4, 0.5) is 11.4 Å². The number of aromatic amines is 1. The molecule has 0 bridgehead atoms. The fourth-order valence-electron chi connectivity index (χ4n) is 3.71. The zero-order valence-electron chi connectivity index (χ0n) is 13.5. The van der Waals surface area contributed by atoms with Crippen molar-refractivity contribution in [3.63, 3.8) is 0 Å². The van der Waals surface area contributed by atoms with Gasteiger partial charge in [-0.3, -0.25) is 0 Å². The molecule has 1 aromatic heterocycles. The number of hydrogen-bond donors (Lipinski definition) is 2. The highest BCUT2D eigenvalue weighted by atomic mass is 14.9. The molecule has 114 valence electrons. The largest absolute Gasteiger partial charge is 0.355 e. The number of nitrogens with one attached hydrogen (secondary N) is 2. The monoisotopic (exact) mass is 300 g/mol. The first-order valence-electron chi connectivity index (χ1n) is 7.88. The van der Waals surface area contributed by atoms with Crippen LogP contribution in [0, 0.1) is 0 Å². The van der Waals surface area contributed by atoms with Crippen molar-refractivity contribution in [1.29, 1.82) is 0 Å². The summed E-state index contributed by atoms with van der Waals surface area (Å²) in [6.07, 6.45) is 3.75. The minimum Gasteiger partial charge on any atom is -0.355 e. The van der Waals surface area contributed by atoms with E-state index in [0.717, 1.165) is 22.5 Å². The molecule has 2 N–H and O–H groups in total. The molecular formula is C21H20N2. The number of fused-ring (bicyclic) bond motifs is 3. The third kappa shape index (κ3) is 1.81. The molecule has 3 aromatic rings. The number of aromatic nitrogens is 1. The van der Waals surface area contributed by atoms with Crippen molar-refractivity contribution < 1.29 is 0 Å². The van der Waals surface area contributed by atoms with Gasteiger partial charge < -0.3 is 10.3 Å². The van der Waals surface area contributed by atoms with Gasteiger partial charge in [0.05, 0.1) is 0 Å². The molecule has 1 aliphatic heterocycles. The van der Waals surface area contributed by atoms with E-state index in [4.69, 9.17) is 0 Å². The summed E-state index contributed by atoms with van der Waals surface area (Å²) in [6, 6.07) is 13.0. The van der Waals surface area contributed by atoms with Crippen LogP contribution in [0.3, 0.4) is 0 Å². The predicted molar refractivity (Wildman–Crippen MR) is 100 cm³/mol. The van der Waals surface area contributed by atoms with E-state index in [1.165, 1.54) is 22.2 Å². The van der Waals surface area contributed by atoms with Gasteiger partial charge in [-0.1, -0.05) is 51.3 Å². The van der Waals surface area contributed by atoms with Gasteiger partial charge in [-0.2, -0.15) is 0 Å². The van der Waals surface area contributed by atoms with Gasteiger partial charge in [-0.25, -0.2) is 0 Å². The van der Waals surface area contributed by atoms with Gasteiger partial charge in [0.25, 0.3) is 0 Å². The molecule has 2 nitrogen and oxygen atoms in total. The van der Waals surface area contributed by atoms with Crippen LogP contribution in [0.1, 0.15) is 36.2 Å². The average molecular weight is 300 g/mol. The van der Waals surface area contributed by atoms with Crippen LogP contribution in [-0.2, 0) is 5.41 Å². The molecule has 0 aliphatic carbocycles. The zero-order valence-corrected chi connectivity index (χ0v) is 13.5. The Morgan fingerprint density at radius 1 is 0.957 bits per heavy atom. The fraction of sp³-hybridized carbons (Fsp3) is 0.143. The summed E-state index contributed by atoms with van der Waals surface area (Å²) in [6.45, 7) is 12.4. The molecule has 0 spiro atoms. The molecule has 0 unspecified atom stereocenters. The summed E-state index contributed by atoms with van der Waals surface area (Å²) in [5.74, 6) is 0. The minimum atomic E-state index is -0.0462. The molecule has 0 atom stereocenters. The van der Waals surface area contributed by atoms with Crippen molar-refractivity contribution in [1.82, 2.24) is 4.98 Å². The molecule has 2 heteroatoms. The maximum atomic E-state index is 3.96. The average Bonchev–Trinajstić information content (AvgIpc) is 2.90.